The van der Waals surface area contributed by atoms with Gasteiger partial charge in [-0.3, -0.25) is 11.3 Å². The molecule has 2 aliphatic rings. The Morgan fingerprint density at radius 3 is 2.63 bits per heavy atom. The van der Waals surface area contributed by atoms with Gasteiger partial charge in [-0.25, -0.2) is 0 Å². The highest BCUT2D eigenvalue weighted by atomic mass is 15.2. The first-order chi connectivity index (χ1) is 9.17. The van der Waals surface area contributed by atoms with Gasteiger partial charge in [-0.2, -0.15) is 0 Å². The monoisotopic (exact) mass is 258 g/mol. The van der Waals surface area contributed by atoms with Gasteiger partial charge in [-0.05, 0) is 74.0 Å². The summed E-state index contributed by atoms with van der Waals surface area (Å²) in [7, 11) is 0. The number of fused-ring (bicyclic) bond motifs is 2. The van der Waals surface area contributed by atoms with Crippen molar-refractivity contribution in [1.29, 1.82) is 0 Å². The Hall–Kier alpha value is -0.860. The van der Waals surface area contributed by atoms with Crippen molar-refractivity contribution in [3.8, 4) is 0 Å². The normalized spacial score (nSPS) is 30.8. The van der Waals surface area contributed by atoms with Crippen LogP contribution in [0.2, 0.25) is 0 Å². The van der Waals surface area contributed by atoms with Crippen molar-refractivity contribution < 1.29 is 0 Å². The van der Waals surface area contributed by atoms with Crippen molar-refractivity contribution >= 4 is 0 Å². The fourth-order valence-corrected chi connectivity index (χ4v) is 4.25. The molecule has 1 aromatic rings. The van der Waals surface area contributed by atoms with E-state index in [1.807, 2.05) is 0 Å². The summed E-state index contributed by atoms with van der Waals surface area (Å²) >= 11 is 0. The summed E-state index contributed by atoms with van der Waals surface area (Å²) in [6, 6.07) is 7.08. The molecule has 0 saturated heterocycles. The first-order valence-corrected chi connectivity index (χ1v) is 7.70. The lowest BCUT2D eigenvalue weighted by atomic mass is 9.82. The number of hydrogen-bond donors (Lipinski definition) is 2. The van der Waals surface area contributed by atoms with Gasteiger partial charge in [0.2, 0.25) is 0 Å². The molecule has 0 aliphatic heterocycles. The summed E-state index contributed by atoms with van der Waals surface area (Å²) in [5, 5.41) is 0. The highest BCUT2D eigenvalue weighted by molar-refractivity contribution is 5.31. The van der Waals surface area contributed by atoms with E-state index in [0.29, 0.717) is 6.04 Å². The Morgan fingerprint density at radius 1 is 1.21 bits per heavy atom. The Balaban J connectivity index is 1.71. The molecule has 0 radical (unpaired) electrons. The van der Waals surface area contributed by atoms with E-state index in [-0.39, 0.29) is 0 Å². The van der Waals surface area contributed by atoms with E-state index in [0.717, 1.165) is 17.8 Å². The third kappa shape index (κ3) is 2.56. The molecule has 0 spiro atoms. The van der Waals surface area contributed by atoms with E-state index < -0.39 is 0 Å². The lowest BCUT2D eigenvalue weighted by Crippen LogP contribution is -2.30. The molecular weight excluding hydrogens is 232 g/mol. The molecule has 4 unspecified atom stereocenters. The van der Waals surface area contributed by atoms with Gasteiger partial charge in [-0.15, -0.1) is 0 Å². The molecule has 19 heavy (non-hydrogen) atoms. The van der Waals surface area contributed by atoms with Crippen molar-refractivity contribution in [2.45, 2.75) is 52.0 Å². The molecule has 104 valence electrons. The predicted octanol–water partition coefficient (Wildman–Crippen LogP) is 3.63. The van der Waals surface area contributed by atoms with E-state index in [9.17, 15) is 0 Å². The van der Waals surface area contributed by atoms with Crippen LogP contribution in [0.5, 0.6) is 0 Å². The number of nitrogens with one attached hydrogen (secondary N) is 1. The van der Waals surface area contributed by atoms with E-state index in [4.69, 9.17) is 5.84 Å². The molecule has 0 aromatic heterocycles. The van der Waals surface area contributed by atoms with Crippen LogP contribution in [0.3, 0.4) is 0 Å². The van der Waals surface area contributed by atoms with Gasteiger partial charge in [0.25, 0.3) is 0 Å². The number of nitrogens with two attached hydrogens (primary N) is 1. The zero-order chi connectivity index (χ0) is 13.4. The second-order valence-corrected chi connectivity index (χ2v) is 6.73. The van der Waals surface area contributed by atoms with Gasteiger partial charge < -0.3 is 0 Å². The highest BCUT2D eigenvalue weighted by Gasteiger charge is 2.40. The zero-order valence-corrected chi connectivity index (χ0v) is 12.2. The van der Waals surface area contributed by atoms with Crippen molar-refractivity contribution in [2.24, 2.45) is 23.6 Å². The quantitative estimate of drug-likeness (QED) is 0.639. The van der Waals surface area contributed by atoms with E-state index in [2.05, 4.69) is 37.5 Å². The first kappa shape index (κ1) is 13.1. The second-order valence-electron chi connectivity index (χ2n) is 6.73. The maximum atomic E-state index is 5.82. The van der Waals surface area contributed by atoms with E-state index >= 15 is 0 Å². The number of aryl methyl sites for hydroxylation is 2. The lowest BCUT2D eigenvalue weighted by Gasteiger charge is -2.27. The third-order valence-corrected chi connectivity index (χ3v) is 5.56. The number of hydrazine groups is 1. The van der Waals surface area contributed by atoms with Crippen molar-refractivity contribution in [3.05, 3.63) is 34.9 Å². The van der Waals surface area contributed by atoms with Gasteiger partial charge in [0.1, 0.15) is 0 Å². The molecule has 2 nitrogen and oxygen atoms in total. The van der Waals surface area contributed by atoms with E-state index in [1.54, 1.807) is 0 Å². The molecule has 4 atom stereocenters. The molecule has 2 saturated carbocycles. The molecular formula is C17H26N2. The summed E-state index contributed by atoms with van der Waals surface area (Å²) in [6.45, 7) is 4.35. The number of rotatable bonds is 4. The fourth-order valence-electron chi connectivity index (χ4n) is 4.25. The topological polar surface area (TPSA) is 38.0 Å². The second kappa shape index (κ2) is 5.26. The Labute approximate surface area is 116 Å². The minimum absolute atomic E-state index is 0.323. The summed E-state index contributed by atoms with van der Waals surface area (Å²) in [4.78, 5) is 0. The fraction of sp³-hybridized carbons (Fsp3) is 0.647. The average Bonchev–Trinajstić information content (AvgIpc) is 3.01. The molecule has 1 aromatic carbocycles. The average molecular weight is 258 g/mol. The molecule has 3 rings (SSSR count). The van der Waals surface area contributed by atoms with Crippen LogP contribution in [0.4, 0.5) is 0 Å². The van der Waals surface area contributed by atoms with Gasteiger partial charge in [-0.1, -0.05) is 24.6 Å². The van der Waals surface area contributed by atoms with Crippen LogP contribution in [0, 0.1) is 31.6 Å². The number of benzene rings is 1. The minimum Gasteiger partial charge on any atom is -0.271 e. The Morgan fingerprint density at radius 2 is 2.05 bits per heavy atom. The minimum atomic E-state index is 0.323. The van der Waals surface area contributed by atoms with Gasteiger partial charge >= 0.3 is 0 Å². The van der Waals surface area contributed by atoms with Crippen molar-refractivity contribution in [1.82, 2.24) is 5.43 Å². The standard InChI is InChI=1S/C17H26N2/c1-11-3-5-15(7-12(11)2)17(19-18)10-16-9-13-4-6-14(16)8-13/h3,5,7,13-14,16-17,19H,4,6,8-10,18H2,1-2H3. The predicted molar refractivity (Wildman–Crippen MR) is 79.5 cm³/mol. The number of hydrogen-bond acceptors (Lipinski definition) is 2. The van der Waals surface area contributed by atoms with Crippen LogP contribution >= 0.6 is 0 Å². The summed E-state index contributed by atoms with van der Waals surface area (Å²) in [6.07, 6.45) is 7.06. The lowest BCUT2D eigenvalue weighted by molar-refractivity contribution is 0.280. The first-order valence-electron chi connectivity index (χ1n) is 7.70. The molecule has 2 aliphatic carbocycles. The molecule has 0 amide bonds. The molecule has 3 N–H and O–H groups in total. The van der Waals surface area contributed by atoms with Crippen LogP contribution < -0.4 is 11.3 Å². The van der Waals surface area contributed by atoms with Crippen LogP contribution in [-0.2, 0) is 0 Å². The van der Waals surface area contributed by atoms with Crippen LogP contribution in [0.25, 0.3) is 0 Å². The molecule has 0 heterocycles. The largest absolute Gasteiger partial charge is 0.271 e. The van der Waals surface area contributed by atoms with Gasteiger partial charge in [0.15, 0.2) is 0 Å². The third-order valence-electron chi connectivity index (χ3n) is 5.56. The van der Waals surface area contributed by atoms with Gasteiger partial charge in [0.05, 0.1) is 0 Å². The maximum Gasteiger partial charge on any atom is 0.0462 e. The summed E-state index contributed by atoms with van der Waals surface area (Å²) in [5.74, 6) is 8.71. The highest BCUT2D eigenvalue weighted by Crippen LogP contribution is 2.50. The maximum absolute atomic E-state index is 5.82. The van der Waals surface area contributed by atoms with Crippen LogP contribution in [0.15, 0.2) is 18.2 Å². The molecule has 2 bridgehead atoms. The Bertz CT molecular complexity index is 455. The van der Waals surface area contributed by atoms with Crippen molar-refractivity contribution in [2.75, 3.05) is 0 Å². The molecule has 2 fully saturated rings. The van der Waals surface area contributed by atoms with E-state index in [1.165, 1.54) is 48.8 Å². The Kier molecular flexibility index (Phi) is 3.64. The zero-order valence-electron chi connectivity index (χ0n) is 12.2. The smallest absolute Gasteiger partial charge is 0.0462 e. The molecule has 2 heteroatoms. The van der Waals surface area contributed by atoms with Crippen molar-refractivity contribution in [3.63, 3.8) is 0 Å². The van der Waals surface area contributed by atoms with Crippen LogP contribution in [0.1, 0.15) is 54.8 Å². The van der Waals surface area contributed by atoms with Crippen LogP contribution in [-0.4, -0.2) is 0 Å². The summed E-state index contributed by atoms with van der Waals surface area (Å²) < 4.78 is 0. The van der Waals surface area contributed by atoms with Gasteiger partial charge in [0, 0.05) is 6.04 Å². The SMILES string of the molecule is Cc1ccc(C(CC2CC3CCC2C3)NN)cc1C. The summed E-state index contributed by atoms with van der Waals surface area (Å²) in [5.41, 5.74) is 7.13.